The van der Waals surface area contributed by atoms with Gasteiger partial charge in [-0.1, -0.05) is 12.1 Å². The first-order valence-electron chi connectivity index (χ1n) is 7.54. The van der Waals surface area contributed by atoms with Crippen molar-refractivity contribution in [1.29, 1.82) is 0 Å². The van der Waals surface area contributed by atoms with E-state index < -0.39 is 0 Å². The molecule has 0 aliphatic heterocycles. The lowest BCUT2D eigenvalue weighted by Gasteiger charge is -2.12. The molecular formula is C19H14FN3O. The average molecular weight is 319 g/mol. The molecule has 1 aromatic carbocycles. The second-order valence-corrected chi connectivity index (χ2v) is 5.47. The summed E-state index contributed by atoms with van der Waals surface area (Å²) in [6.07, 6.45) is 7.07. The number of aromatic nitrogens is 3. The summed E-state index contributed by atoms with van der Waals surface area (Å²) < 4.78 is 15.1. The Labute approximate surface area is 137 Å². The highest BCUT2D eigenvalue weighted by Gasteiger charge is 2.16. The predicted octanol–water partition coefficient (Wildman–Crippen LogP) is 3.69. The van der Waals surface area contributed by atoms with Crippen LogP contribution >= 0.6 is 0 Å². The van der Waals surface area contributed by atoms with Crippen molar-refractivity contribution in [2.24, 2.45) is 0 Å². The lowest BCUT2D eigenvalue weighted by Crippen LogP contribution is -1.97. The Balaban J connectivity index is 2.06. The first-order chi connectivity index (χ1) is 11.8. The van der Waals surface area contributed by atoms with E-state index in [1.54, 1.807) is 35.2 Å². The van der Waals surface area contributed by atoms with E-state index in [1.165, 1.54) is 12.1 Å². The summed E-state index contributed by atoms with van der Waals surface area (Å²) in [5, 5.41) is 14.2. The zero-order chi connectivity index (χ0) is 16.5. The molecule has 0 saturated heterocycles. The number of hydrogen-bond acceptors (Lipinski definition) is 3. The fraction of sp³-hybridized carbons (Fsp3) is 0.0526. The summed E-state index contributed by atoms with van der Waals surface area (Å²) in [5.74, 6) is -0.292. The monoisotopic (exact) mass is 319 g/mol. The molecule has 4 nitrogen and oxygen atoms in total. The number of pyridine rings is 2. The van der Waals surface area contributed by atoms with Crippen molar-refractivity contribution in [3.63, 3.8) is 0 Å². The highest BCUT2D eigenvalue weighted by Crippen LogP contribution is 2.35. The van der Waals surface area contributed by atoms with Gasteiger partial charge in [-0.25, -0.2) is 8.91 Å². The van der Waals surface area contributed by atoms with Gasteiger partial charge in [0.05, 0.1) is 18.3 Å². The van der Waals surface area contributed by atoms with Gasteiger partial charge in [-0.3, -0.25) is 4.98 Å². The van der Waals surface area contributed by atoms with Crippen LogP contribution in [0.4, 0.5) is 4.39 Å². The Morgan fingerprint density at radius 1 is 0.958 bits per heavy atom. The molecule has 0 atom stereocenters. The van der Waals surface area contributed by atoms with Crippen LogP contribution in [0.1, 0.15) is 5.56 Å². The minimum absolute atomic E-state index is 0.107. The van der Waals surface area contributed by atoms with Gasteiger partial charge in [0.15, 0.2) is 0 Å². The number of nitrogens with zero attached hydrogens (tertiary/aromatic N) is 3. The van der Waals surface area contributed by atoms with Gasteiger partial charge in [-0.15, -0.1) is 0 Å². The molecule has 4 rings (SSSR count). The van der Waals surface area contributed by atoms with Crippen LogP contribution in [0.15, 0.2) is 67.3 Å². The average Bonchev–Trinajstić information content (AvgIpc) is 3.06. The number of aliphatic hydroxyl groups is 1. The third kappa shape index (κ3) is 2.35. The smallest absolute Gasteiger partial charge is 0.123 e. The van der Waals surface area contributed by atoms with Gasteiger partial charge in [0.2, 0.25) is 0 Å². The van der Waals surface area contributed by atoms with Crippen molar-refractivity contribution in [1.82, 2.24) is 14.6 Å². The van der Waals surface area contributed by atoms with Gasteiger partial charge in [0, 0.05) is 29.7 Å². The number of hydrogen-bond donors (Lipinski definition) is 1. The Morgan fingerprint density at radius 2 is 1.71 bits per heavy atom. The molecule has 0 bridgehead atoms. The van der Waals surface area contributed by atoms with E-state index in [0.717, 1.165) is 33.3 Å². The first kappa shape index (κ1) is 14.5. The van der Waals surface area contributed by atoms with E-state index in [1.807, 2.05) is 24.4 Å². The molecule has 0 aliphatic carbocycles. The van der Waals surface area contributed by atoms with Crippen molar-refractivity contribution in [3.8, 4) is 22.3 Å². The van der Waals surface area contributed by atoms with Gasteiger partial charge in [0.1, 0.15) is 5.82 Å². The van der Waals surface area contributed by atoms with Crippen LogP contribution in [0.5, 0.6) is 0 Å². The molecule has 3 heterocycles. The van der Waals surface area contributed by atoms with Crippen LogP contribution in [0, 0.1) is 5.82 Å². The van der Waals surface area contributed by atoms with Gasteiger partial charge < -0.3 is 5.11 Å². The van der Waals surface area contributed by atoms with Crippen molar-refractivity contribution in [3.05, 3.63) is 78.6 Å². The molecule has 0 aliphatic rings. The molecule has 0 saturated carbocycles. The molecular weight excluding hydrogens is 305 g/mol. The molecule has 0 amide bonds. The normalized spacial score (nSPS) is 11.1. The summed E-state index contributed by atoms with van der Waals surface area (Å²) in [7, 11) is 0. The van der Waals surface area contributed by atoms with E-state index >= 15 is 0 Å². The highest BCUT2D eigenvalue weighted by molar-refractivity contribution is 5.94. The Hall–Kier alpha value is -3.05. The molecule has 0 radical (unpaired) electrons. The maximum absolute atomic E-state index is 13.3. The number of fused-ring (bicyclic) bond motifs is 1. The van der Waals surface area contributed by atoms with Crippen molar-refractivity contribution in [2.45, 2.75) is 6.61 Å². The maximum Gasteiger partial charge on any atom is 0.123 e. The highest BCUT2D eigenvalue weighted by atomic mass is 19.1. The van der Waals surface area contributed by atoms with Crippen LogP contribution in [0.3, 0.4) is 0 Å². The standard InChI is InChI=1S/C19H14FN3O/c20-16-3-1-14(2-4-16)18-15(12-24)7-10-23-19(18)17(11-22-23)13-5-8-21-9-6-13/h1-11,24H,12H2. The second kappa shape index (κ2) is 5.86. The minimum atomic E-state index is -0.292. The van der Waals surface area contributed by atoms with Gasteiger partial charge in [-0.05, 0) is 47.0 Å². The first-order valence-corrected chi connectivity index (χ1v) is 7.54. The summed E-state index contributed by atoms with van der Waals surface area (Å²) in [6, 6.07) is 11.9. The number of rotatable bonds is 3. The molecule has 118 valence electrons. The fourth-order valence-electron chi connectivity index (χ4n) is 2.93. The van der Waals surface area contributed by atoms with Crippen LogP contribution in [-0.4, -0.2) is 19.7 Å². The number of benzene rings is 1. The summed E-state index contributed by atoms with van der Waals surface area (Å²) in [6.45, 7) is -0.107. The SMILES string of the molecule is OCc1ccn2ncc(-c3ccncc3)c2c1-c1ccc(F)cc1. The maximum atomic E-state index is 13.3. The topological polar surface area (TPSA) is 50.4 Å². The number of aliphatic hydroxyl groups excluding tert-OH is 1. The van der Waals surface area contributed by atoms with Crippen LogP contribution in [-0.2, 0) is 6.61 Å². The summed E-state index contributed by atoms with van der Waals surface area (Å²) in [4.78, 5) is 4.05. The zero-order valence-corrected chi connectivity index (χ0v) is 12.7. The third-order valence-electron chi connectivity index (χ3n) is 4.06. The fourth-order valence-corrected chi connectivity index (χ4v) is 2.93. The quantitative estimate of drug-likeness (QED) is 0.626. The van der Waals surface area contributed by atoms with Crippen molar-refractivity contribution < 1.29 is 9.50 Å². The Morgan fingerprint density at radius 3 is 2.42 bits per heavy atom. The van der Waals surface area contributed by atoms with E-state index in [0.29, 0.717) is 0 Å². The Bertz CT molecular complexity index is 994. The van der Waals surface area contributed by atoms with Gasteiger partial charge >= 0.3 is 0 Å². The van der Waals surface area contributed by atoms with Crippen LogP contribution in [0.25, 0.3) is 27.8 Å². The van der Waals surface area contributed by atoms with Crippen LogP contribution < -0.4 is 0 Å². The molecule has 0 fully saturated rings. The van der Waals surface area contributed by atoms with Crippen molar-refractivity contribution in [2.75, 3.05) is 0 Å². The van der Waals surface area contributed by atoms with E-state index in [9.17, 15) is 9.50 Å². The summed E-state index contributed by atoms with van der Waals surface area (Å²) in [5.41, 5.74) is 5.25. The van der Waals surface area contributed by atoms with Gasteiger partial charge in [-0.2, -0.15) is 5.10 Å². The molecule has 4 aromatic rings. The van der Waals surface area contributed by atoms with E-state index in [-0.39, 0.29) is 12.4 Å². The second-order valence-electron chi connectivity index (χ2n) is 5.47. The summed E-state index contributed by atoms with van der Waals surface area (Å²) >= 11 is 0. The Kier molecular flexibility index (Phi) is 3.55. The largest absolute Gasteiger partial charge is 0.392 e. The van der Waals surface area contributed by atoms with Crippen LogP contribution in [0.2, 0.25) is 0 Å². The lowest BCUT2D eigenvalue weighted by atomic mass is 9.96. The number of halogens is 1. The minimum Gasteiger partial charge on any atom is -0.392 e. The molecule has 3 aromatic heterocycles. The molecule has 24 heavy (non-hydrogen) atoms. The molecule has 1 N–H and O–H groups in total. The third-order valence-corrected chi connectivity index (χ3v) is 4.06. The molecule has 0 unspecified atom stereocenters. The molecule has 0 spiro atoms. The van der Waals surface area contributed by atoms with Gasteiger partial charge in [0.25, 0.3) is 0 Å². The van der Waals surface area contributed by atoms with Crippen molar-refractivity contribution >= 4 is 5.52 Å². The predicted molar refractivity (Wildman–Crippen MR) is 89.7 cm³/mol. The van der Waals surface area contributed by atoms with E-state index in [2.05, 4.69) is 10.1 Å². The molecule has 5 heteroatoms. The zero-order valence-electron chi connectivity index (χ0n) is 12.7. The van der Waals surface area contributed by atoms with E-state index in [4.69, 9.17) is 0 Å². The lowest BCUT2D eigenvalue weighted by molar-refractivity contribution is 0.282.